The maximum atomic E-state index is 2.38. The number of rotatable bonds is 8. The number of hydrogen-bond acceptors (Lipinski definition) is 0. The van der Waals surface area contributed by atoms with Crippen LogP contribution in [-0.2, 0) is 0 Å². The van der Waals surface area contributed by atoms with E-state index in [1.165, 1.54) is 51.4 Å². The summed E-state index contributed by atoms with van der Waals surface area (Å²) in [7, 11) is 0. The van der Waals surface area contributed by atoms with Crippen molar-refractivity contribution >= 4 is 0 Å². The molecule has 0 nitrogen and oxygen atoms in total. The Bertz CT molecular complexity index is 284. The lowest BCUT2D eigenvalue weighted by molar-refractivity contribution is 0.490. The van der Waals surface area contributed by atoms with Crippen LogP contribution in [0.1, 0.15) is 121 Å². The summed E-state index contributed by atoms with van der Waals surface area (Å²) >= 11 is 0. The van der Waals surface area contributed by atoms with E-state index in [-0.39, 0.29) is 0 Å². The highest BCUT2D eigenvalue weighted by molar-refractivity contribution is 5.10. The first kappa shape index (κ1) is 29.3. The molecule has 0 heterocycles. The summed E-state index contributed by atoms with van der Waals surface area (Å²) in [6.07, 6.45) is 18.0. The van der Waals surface area contributed by atoms with Crippen molar-refractivity contribution in [3.8, 4) is 0 Å². The van der Waals surface area contributed by atoms with Crippen LogP contribution in [0.3, 0.4) is 0 Å². The van der Waals surface area contributed by atoms with Crippen LogP contribution in [0.4, 0.5) is 0 Å². The zero-order valence-corrected chi connectivity index (χ0v) is 19.6. The van der Waals surface area contributed by atoms with Crippen molar-refractivity contribution in [3.63, 3.8) is 0 Å². The first-order valence-electron chi connectivity index (χ1n) is 11.3. The molecular weight excluding hydrogens is 300 g/mol. The summed E-state index contributed by atoms with van der Waals surface area (Å²) < 4.78 is 0. The van der Waals surface area contributed by atoms with Gasteiger partial charge in [0.2, 0.25) is 0 Å². The lowest BCUT2D eigenvalue weighted by Gasteiger charge is -2.07. The van der Waals surface area contributed by atoms with Crippen LogP contribution in [0.2, 0.25) is 0 Å². The maximum Gasteiger partial charge on any atom is -0.0229 e. The minimum Gasteiger partial charge on any atom is -0.0917 e. The Labute approximate surface area is 162 Å². The van der Waals surface area contributed by atoms with Crippen LogP contribution in [-0.4, -0.2) is 0 Å². The Kier molecular flexibility index (Phi) is 27.5. The Morgan fingerprint density at radius 2 is 1.60 bits per heavy atom. The lowest BCUT2D eigenvalue weighted by atomic mass is 9.99. The molecule has 0 saturated heterocycles. The van der Waals surface area contributed by atoms with Gasteiger partial charge in [-0.1, -0.05) is 118 Å². The molecule has 0 fully saturated rings. The molecule has 2 unspecified atom stereocenters. The van der Waals surface area contributed by atoms with E-state index in [2.05, 4.69) is 59.8 Å². The topological polar surface area (TPSA) is 0 Å². The Balaban J connectivity index is -0.000000343. The van der Waals surface area contributed by atoms with Crippen LogP contribution in [0.15, 0.2) is 23.8 Å². The average Bonchev–Trinajstić information content (AvgIpc) is 2.92. The van der Waals surface area contributed by atoms with Crippen molar-refractivity contribution < 1.29 is 0 Å². The molecule has 0 radical (unpaired) electrons. The smallest absolute Gasteiger partial charge is 0.0229 e. The maximum absolute atomic E-state index is 2.38. The monoisotopic (exact) mass is 352 g/mol. The van der Waals surface area contributed by atoms with Gasteiger partial charge in [0.05, 0.1) is 0 Å². The molecule has 0 N–H and O–H groups in total. The van der Waals surface area contributed by atoms with Gasteiger partial charge in [-0.05, 0) is 44.4 Å². The van der Waals surface area contributed by atoms with Gasteiger partial charge in [0.1, 0.15) is 0 Å². The number of allylic oxidation sites excluding steroid dienone is 4. The minimum atomic E-state index is 0.838. The Morgan fingerprint density at radius 1 is 1.04 bits per heavy atom. The zero-order valence-electron chi connectivity index (χ0n) is 19.6. The summed E-state index contributed by atoms with van der Waals surface area (Å²) in [5, 5.41) is 0. The second kappa shape index (κ2) is 23.5. The Morgan fingerprint density at radius 3 is 1.96 bits per heavy atom. The van der Waals surface area contributed by atoms with Crippen LogP contribution >= 0.6 is 0 Å². The van der Waals surface area contributed by atoms with E-state index in [1.807, 2.05) is 27.7 Å². The lowest BCUT2D eigenvalue weighted by Crippen LogP contribution is -1.92. The molecule has 0 bridgehead atoms. The molecule has 0 heteroatoms. The van der Waals surface area contributed by atoms with E-state index in [1.54, 1.807) is 5.57 Å². The fourth-order valence-corrected chi connectivity index (χ4v) is 3.01. The first-order valence-corrected chi connectivity index (χ1v) is 11.3. The second-order valence-electron chi connectivity index (χ2n) is 7.14. The second-order valence-corrected chi connectivity index (χ2v) is 7.14. The third-order valence-corrected chi connectivity index (χ3v) is 4.62. The van der Waals surface area contributed by atoms with Crippen molar-refractivity contribution in [3.05, 3.63) is 23.8 Å². The van der Waals surface area contributed by atoms with Gasteiger partial charge >= 0.3 is 0 Å². The third-order valence-electron chi connectivity index (χ3n) is 4.62. The molecule has 3 atom stereocenters. The van der Waals surface area contributed by atoms with E-state index in [0.717, 1.165) is 17.8 Å². The summed E-state index contributed by atoms with van der Waals surface area (Å²) in [6.45, 7) is 21.6. The molecule has 0 aromatic carbocycles. The van der Waals surface area contributed by atoms with Crippen molar-refractivity contribution in [1.29, 1.82) is 0 Å². The fraction of sp³-hybridized carbons (Fsp3) is 0.840. The van der Waals surface area contributed by atoms with Crippen molar-refractivity contribution in [2.24, 2.45) is 17.8 Å². The SMILES string of the molecule is C/C=C/CC(C)CCCCCCC.CC.CC.CC1=C[C@@H](C)CC1C. The molecule has 1 aliphatic rings. The number of hydrogen-bond donors (Lipinski definition) is 0. The van der Waals surface area contributed by atoms with Gasteiger partial charge < -0.3 is 0 Å². The average molecular weight is 353 g/mol. The molecule has 0 spiro atoms. The quantitative estimate of drug-likeness (QED) is 0.301. The highest BCUT2D eigenvalue weighted by atomic mass is 14.2. The standard InChI is InChI=1S/C13H26.C8H14.2C2H6/c1-4-6-8-9-10-12-13(3)11-7-5-2;1-6-4-7(2)8(3)5-6;2*1-2/h5,7,13H,4,6,8-12H2,1-3H3;4,6,8H,5H2,1-3H3;2*1-2H3/b7-5+;;;/t;6-,8?;;/m.1../s1. The largest absolute Gasteiger partial charge is 0.0917 e. The summed E-state index contributed by atoms with van der Waals surface area (Å²) in [6, 6.07) is 0. The van der Waals surface area contributed by atoms with E-state index in [0.29, 0.717) is 0 Å². The van der Waals surface area contributed by atoms with Crippen LogP contribution < -0.4 is 0 Å². The van der Waals surface area contributed by atoms with Gasteiger partial charge in [0.25, 0.3) is 0 Å². The normalized spacial score (nSPS) is 19.7. The van der Waals surface area contributed by atoms with Crippen LogP contribution in [0.25, 0.3) is 0 Å². The van der Waals surface area contributed by atoms with E-state index in [9.17, 15) is 0 Å². The van der Waals surface area contributed by atoms with Crippen LogP contribution in [0, 0.1) is 17.8 Å². The molecule has 0 amide bonds. The zero-order chi connectivity index (χ0) is 20.1. The van der Waals surface area contributed by atoms with Gasteiger partial charge in [-0.25, -0.2) is 0 Å². The molecule has 1 rings (SSSR count). The molecule has 0 aromatic rings. The van der Waals surface area contributed by atoms with E-state index >= 15 is 0 Å². The minimum absolute atomic E-state index is 0.838. The summed E-state index contributed by atoms with van der Waals surface area (Å²) in [5.74, 6) is 2.58. The van der Waals surface area contributed by atoms with Crippen molar-refractivity contribution in [2.45, 2.75) is 121 Å². The molecule has 0 aromatic heterocycles. The van der Waals surface area contributed by atoms with Crippen molar-refractivity contribution in [2.75, 3.05) is 0 Å². The molecular formula is C25H52. The van der Waals surface area contributed by atoms with Gasteiger partial charge in [-0.15, -0.1) is 0 Å². The Hall–Kier alpha value is -0.520. The molecule has 0 aliphatic heterocycles. The summed E-state index contributed by atoms with van der Waals surface area (Å²) in [4.78, 5) is 0. The third kappa shape index (κ3) is 21.4. The van der Waals surface area contributed by atoms with Crippen LogP contribution in [0.5, 0.6) is 0 Å². The van der Waals surface area contributed by atoms with Crippen molar-refractivity contribution in [1.82, 2.24) is 0 Å². The highest BCUT2D eigenvalue weighted by Crippen LogP contribution is 2.28. The van der Waals surface area contributed by atoms with E-state index < -0.39 is 0 Å². The molecule has 1 aliphatic carbocycles. The molecule has 25 heavy (non-hydrogen) atoms. The van der Waals surface area contributed by atoms with E-state index in [4.69, 9.17) is 0 Å². The predicted molar refractivity (Wildman–Crippen MR) is 121 cm³/mol. The van der Waals surface area contributed by atoms with Gasteiger partial charge in [-0.2, -0.15) is 0 Å². The van der Waals surface area contributed by atoms with Gasteiger partial charge in [-0.3, -0.25) is 0 Å². The predicted octanol–water partition coefficient (Wildman–Crippen LogP) is 9.61. The van der Waals surface area contributed by atoms with Gasteiger partial charge in [0.15, 0.2) is 0 Å². The van der Waals surface area contributed by atoms with Gasteiger partial charge in [0, 0.05) is 0 Å². The number of unbranched alkanes of at least 4 members (excludes halogenated alkanes) is 4. The molecule has 0 saturated carbocycles. The summed E-state index contributed by atoms with van der Waals surface area (Å²) in [5.41, 5.74) is 1.58. The first-order chi connectivity index (χ1) is 12.0. The highest BCUT2D eigenvalue weighted by Gasteiger charge is 2.15. The molecule has 152 valence electrons. The fourth-order valence-electron chi connectivity index (χ4n) is 3.01.